The molecule has 106 valence electrons. The van der Waals surface area contributed by atoms with Crippen LogP contribution < -0.4 is 0 Å². The SMILES string of the molecule is CC(Cc1cccs1)N(C)C(=O)c1cc(Cl)ccc1O. The average Bonchev–Trinajstić information content (AvgIpc) is 2.92. The maximum Gasteiger partial charge on any atom is 0.257 e. The first-order valence-corrected chi connectivity index (χ1v) is 7.53. The number of nitrogens with zero attached hydrogens (tertiary/aromatic N) is 1. The minimum atomic E-state index is -0.228. The summed E-state index contributed by atoms with van der Waals surface area (Å²) in [4.78, 5) is 15.3. The van der Waals surface area contributed by atoms with E-state index in [-0.39, 0.29) is 23.3 Å². The van der Waals surface area contributed by atoms with Gasteiger partial charge in [-0.25, -0.2) is 0 Å². The normalized spacial score (nSPS) is 12.2. The standard InChI is InChI=1S/C15H16ClNO2S/c1-10(8-12-4-3-7-20-12)17(2)15(19)13-9-11(16)5-6-14(13)18/h3-7,9-10,18H,8H2,1-2H3. The lowest BCUT2D eigenvalue weighted by molar-refractivity contribution is 0.0741. The van der Waals surface area contributed by atoms with Crippen molar-refractivity contribution in [1.29, 1.82) is 0 Å². The molecule has 0 saturated heterocycles. The van der Waals surface area contributed by atoms with Crippen molar-refractivity contribution >= 4 is 28.8 Å². The minimum absolute atomic E-state index is 0.0412. The predicted octanol–water partition coefficient (Wildman–Crippen LogP) is 3.81. The van der Waals surface area contributed by atoms with Crippen LogP contribution in [0, 0.1) is 0 Å². The first-order valence-electron chi connectivity index (χ1n) is 6.27. The van der Waals surface area contributed by atoms with Crippen molar-refractivity contribution in [3.63, 3.8) is 0 Å². The van der Waals surface area contributed by atoms with E-state index in [0.29, 0.717) is 5.02 Å². The van der Waals surface area contributed by atoms with Crippen molar-refractivity contribution < 1.29 is 9.90 Å². The van der Waals surface area contributed by atoms with Gasteiger partial charge in [-0.05, 0) is 36.6 Å². The lowest BCUT2D eigenvalue weighted by Gasteiger charge is -2.25. The molecule has 0 aliphatic heterocycles. The third kappa shape index (κ3) is 3.32. The summed E-state index contributed by atoms with van der Waals surface area (Å²) in [6.07, 6.45) is 0.793. The van der Waals surface area contributed by atoms with Crippen molar-refractivity contribution in [1.82, 2.24) is 4.90 Å². The number of halogens is 1. The Labute approximate surface area is 127 Å². The molecule has 1 aromatic carbocycles. The second kappa shape index (κ2) is 6.29. The summed E-state index contributed by atoms with van der Waals surface area (Å²) >= 11 is 7.55. The van der Waals surface area contributed by atoms with E-state index in [2.05, 4.69) is 6.07 Å². The highest BCUT2D eigenvalue weighted by atomic mass is 35.5. The van der Waals surface area contributed by atoms with E-state index >= 15 is 0 Å². The van der Waals surface area contributed by atoms with Crippen molar-refractivity contribution in [2.45, 2.75) is 19.4 Å². The second-order valence-corrected chi connectivity index (χ2v) is 6.18. The number of phenolic OH excluding ortho intramolecular Hbond substituents is 1. The number of aromatic hydroxyl groups is 1. The number of likely N-dealkylation sites (N-methyl/N-ethyl adjacent to an activating group) is 1. The Hall–Kier alpha value is -1.52. The van der Waals surface area contributed by atoms with Gasteiger partial charge < -0.3 is 10.0 Å². The van der Waals surface area contributed by atoms with Crippen molar-refractivity contribution in [2.24, 2.45) is 0 Å². The highest BCUT2D eigenvalue weighted by Crippen LogP contribution is 2.24. The lowest BCUT2D eigenvalue weighted by atomic mass is 10.1. The number of amides is 1. The summed E-state index contributed by atoms with van der Waals surface area (Å²) in [5.41, 5.74) is 0.234. The Morgan fingerprint density at radius 3 is 2.85 bits per heavy atom. The topological polar surface area (TPSA) is 40.5 Å². The number of hydrogen-bond acceptors (Lipinski definition) is 3. The van der Waals surface area contributed by atoms with Crippen LogP contribution in [-0.4, -0.2) is 29.0 Å². The number of carbonyl (C=O) groups excluding carboxylic acids is 1. The van der Waals surface area contributed by atoms with Crippen LogP contribution in [0.15, 0.2) is 35.7 Å². The first-order chi connectivity index (χ1) is 9.49. The van der Waals surface area contributed by atoms with Crippen LogP contribution in [0.5, 0.6) is 5.75 Å². The summed E-state index contributed by atoms with van der Waals surface area (Å²) in [6.45, 7) is 1.99. The van der Waals surface area contributed by atoms with Crippen molar-refractivity contribution in [2.75, 3.05) is 7.05 Å². The van der Waals surface area contributed by atoms with E-state index in [1.807, 2.05) is 18.4 Å². The van der Waals surface area contributed by atoms with E-state index in [1.54, 1.807) is 29.4 Å². The monoisotopic (exact) mass is 309 g/mol. The minimum Gasteiger partial charge on any atom is -0.507 e. The molecule has 1 N–H and O–H groups in total. The van der Waals surface area contributed by atoms with Gasteiger partial charge in [0.25, 0.3) is 5.91 Å². The number of thiophene rings is 1. The molecule has 20 heavy (non-hydrogen) atoms. The Balaban J connectivity index is 2.13. The fraction of sp³-hybridized carbons (Fsp3) is 0.267. The van der Waals surface area contributed by atoms with Gasteiger partial charge in [-0.15, -0.1) is 11.3 Å². The molecule has 1 heterocycles. The third-order valence-corrected chi connectivity index (χ3v) is 4.38. The van der Waals surface area contributed by atoms with E-state index in [9.17, 15) is 9.90 Å². The molecular formula is C15H16ClNO2S. The molecule has 1 amide bonds. The number of phenols is 1. The van der Waals surface area contributed by atoms with Gasteiger partial charge in [0, 0.05) is 29.4 Å². The summed E-state index contributed by atoms with van der Waals surface area (Å²) in [7, 11) is 1.74. The molecular weight excluding hydrogens is 294 g/mol. The number of rotatable bonds is 4. The van der Waals surface area contributed by atoms with Gasteiger partial charge in [-0.2, -0.15) is 0 Å². The van der Waals surface area contributed by atoms with Crippen molar-refractivity contribution in [3.05, 3.63) is 51.2 Å². The fourth-order valence-electron chi connectivity index (χ4n) is 1.93. The average molecular weight is 310 g/mol. The zero-order chi connectivity index (χ0) is 14.7. The Kier molecular flexibility index (Phi) is 4.68. The highest BCUT2D eigenvalue weighted by molar-refractivity contribution is 7.09. The molecule has 1 atom stereocenters. The van der Waals surface area contributed by atoms with Crippen LogP contribution in [0.3, 0.4) is 0 Å². The molecule has 1 aromatic heterocycles. The highest BCUT2D eigenvalue weighted by Gasteiger charge is 2.21. The van der Waals surface area contributed by atoms with E-state index in [0.717, 1.165) is 6.42 Å². The molecule has 1 unspecified atom stereocenters. The maximum absolute atomic E-state index is 12.4. The largest absolute Gasteiger partial charge is 0.507 e. The van der Waals surface area contributed by atoms with Gasteiger partial charge in [0.05, 0.1) is 5.56 Å². The van der Waals surface area contributed by atoms with Crippen LogP contribution >= 0.6 is 22.9 Å². The fourth-order valence-corrected chi connectivity index (χ4v) is 2.93. The summed E-state index contributed by atoms with van der Waals surface area (Å²) < 4.78 is 0. The Bertz CT molecular complexity index is 598. The molecule has 0 saturated carbocycles. The van der Waals surface area contributed by atoms with Crippen molar-refractivity contribution in [3.8, 4) is 5.75 Å². The Morgan fingerprint density at radius 1 is 1.45 bits per heavy atom. The quantitative estimate of drug-likeness (QED) is 0.933. The maximum atomic E-state index is 12.4. The van der Waals surface area contributed by atoms with E-state index in [4.69, 9.17) is 11.6 Å². The molecule has 5 heteroatoms. The second-order valence-electron chi connectivity index (χ2n) is 4.71. The molecule has 0 aliphatic carbocycles. The van der Waals surface area contributed by atoms with Crippen LogP contribution in [0.2, 0.25) is 5.02 Å². The number of carbonyl (C=O) groups is 1. The molecule has 0 radical (unpaired) electrons. The van der Waals surface area contributed by atoms with Gasteiger partial charge in [-0.3, -0.25) is 4.79 Å². The van der Waals surface area contributed by atoms with Crippen LogP contribution in [0.25, 0.3) is 0 Å². The van der Waals surface area contributed by atoms with Gasteiger partial charge in [0.15, 0.2) is 0 Å². The summed E-state index contributed by atoms with van der Waals surface area (Å²) in [6, 6.07) is 8.58. The van der Waals surface area contributed by atoms with E-state index in [1.165, 1.54) is 17.0 Å². The molecule has 2 aromatic rings. The van der Waals surface area contributed by atoms with Gasteiger partial charge in [0.2, 0.25) is 0 Å². The molecule has 0 spiro atoms. The molecule has 2 rings (SSSR count). The first kappa shape index (κ1) is 14.9. The van der Waals surface area contributed by atoms with Gasteiger partial charge in [0.1, 0.15) is 5.75 Å². The molecule has 3 nitrogen and oxygen atoms in total. The summed E-state index contributed by atoms with van der Waals surface area (Å²) in [5, 5.41) is 12.2. The predicted molar refractivity (Wildman–Crippen MR) is 82.7 cm³/mol. The summed E-state index contributed by atoms with van der Waals surface area (Å²) in [5.74, 6) is -0.274. The van der Waals surface area contributed by atoms with Crippen LogP contribution in [-0.2, 0) is 6.42 Å². The smallest absolute Gasteiger partial charge is 0.257 e. The molecule has 0 bridgehead atoms. The Morgan fingerprint density at radius 2 is 2.20 bits per heavy atom. The third-order valence-electron chi connectivity index (χ3n) is 3.25. The number of hydrogen-bond donors (Lipinski definition) is 1. The zero-order valence-corrected chi connectivity index (χ0v) is 12.9. The lowest BCUT2D eigenvalue weighted by Crippen LogP contribution is -2.36. The molecule has 0 aliphatic rings. The van der Waals surface area contributed by atoms with Gasteiger partial charge >= 0.3 is 0 Å². The molecule has 0 fully saturated rings. The van der Waals surface area contributed by atoms with Gasteiger partial charge in [-0.1, -0.05) is 17.7 Å². The zero-order valence-electron chi connectivity index (χ0n) is 11.3. The van der Waals surface area contributed by atoms with Crippen LogP contribution in [0.1, 0.15) is 22.2 Å². The van der Waals surface area contributed by atoms with Crippen LogP contribution in [0.4, 0.5) is 0 Å². The number of benzene rings is 1. The van der Waals surface area contributed by atoms with E-state index < -0.39 is 0 Å².